The van der Waals surface area contributed by atoms with Crippen LogP contribution in [0.25, 0.3) is 21.5 Å². The Balaban J connectivity index is 0.000000230. The number of rotatable bonds is 5. The van der Waals surface area contributed by atoms with E-state index in [0.29, 0.717) is 34.2 Å². The number of phenols is 2. The fraction of sp³-hybridized carbons (Fsp3) is 0.312. The van der Waals surface area contributed by atoms with Gasteiger partial charge in [0.15, 0.2) is 0 Å². The van der Waals surface area contributed by atoms with Crippen LogP contribution in [0.2, 0.25) is 10.0 Å². The van der Waals surface area contributed by atoms with Gasteiger partial charge in [0.2, 0.25) is 0 Å². The topological polar surface area (TPSA) is 95.6 Å². The summed E-state index contributed by atoms with van der Waals surface area (Å²) < 4.78 is 0. The lowest BCUT2D eigenvalue weighted by atomic mass is 9.89. The summed E-state index contributed by atoms with van der Waals surface area (Å²) in [6.45, 7) is 0. The number of nitrogens with one attached hydrogen (secondary N) is 1. The standard InChI is InChI=1S/C23H24ClNO.C10H8O.C7H5ClO.C6H13N.2CH4/c24-18-13-10-17(11-14-18)23(25-19-7-2-1-3-8-19)22-20-9-5-4-6-16(20)12-15-21(22)26;11-10-6-5-8-3-1-2-4-9(8)7-10;8-7-3-1-6(5-9)2-4-7;7-6-4-2-1-3-5-6;;/h4-6,9-15,19,23,25-26H,1-3,7-8H2;1-7,11H;1-5H;6H,1-5,7H2;2*1H4. The molecule has 2 aliphatic carbocycles. The molecule has 55 heavy (non-hydrogen) atoms. The molecule has 1 atom stereocenters. The highest BCUT2D eigenvalue weighted by Gasteiger charge is 2.24. The van der Waals surface area contributed by atoms with Crippen molar-refractivity contribution in [3.8, 4) is 11.5 Å². The van der Waals surface area contributed by atoms with Crippen molar-refractivity contribution in [1.82, 2.24) is 5.32 Å². The third-order valence-electron chi connectivity index (χ3n) is 9.84. The van der Waals surface area contributed by atoms with Gasteiger partial charge in [-0.05, 0) is 95.3 Å². The molecule has 0 bridgehead atoms. The Morgan fingerprint density at radius 2 is 1.15 bits per heavy atom. The summed E-state index contributed by atoms with van der Waals surface area (Å²) in [5.41, 5.74) is 8.37. The van der Waals surface area contributed by atoms with Crippen LogP contribution >= 0.6 is 23.2 Å². The number of hydrogen-bond donors (Lipinski definition) is 4. The first-order valence-corrected chi connectivity index (χ1v) is 19.4. The first-order chi connectivity index (χ1) is 25.8. The van der Waals surface area contributed by atoms with Gasteiger partial charge in [0.1, 0.15) is 17.8 Å². The van der Waals surface area contributed by atoms with Crippen molar-refractivity contribution in [2.75, 3.05) is 0 Å². The first-order valence-electron chi connectivity index (χ1n) is 18.7. The number of aldehydes is 1. The molecule has 1 unspecified atom stereocenters. The lowest BCUT2D eigenvalue weighted by molar-refractivity contribution is 0.112. The number of carbonyl (C=O) groups excluding carboxylic acids is 1. The molecule has 2 saturated carbocycles. The highest BCUT2D eigenvalue weighted by Crippen LogP contribution is 2.37. The number of halogens is 2. The molecule has 0 amide bonds. The number of nitrogens with two attached hydrogens (primary N) is 1. The number of aromatic hydroxyl groups is 2. The van der Waals surface area contributed by atoms with E-state index in [9.17, 15) is 9.90 Å². The van der Waals surface area contributed by atoms with Crippen LogP contribution in [-0.2, 0) is 0 Å². The van der Waals surface area contributed by atoms with E-state index in [1.165, 1.54) is 64.2 Å². The van der Waals surface area contributed by atoms with Gasteiger partial charge in [-0.25, -0.2) is 0 Å². The van der Waals surface area contributed by atoms with Gasteiger partial charge in [0, 0.05) is 33.3 Å². The van der Waals surface area contributed by atoms with Gasteiger partial charge >= 0.3 is 0 Å². The van der Waals surface area contributed by atoms with E-state index >= 15 is 0 Å². The zero-order valence-electron chi connectivity index (χ0n) is 30.1. The minimum atomic E-state index is -0.0542. The van der Waals surface area contributed by atoms with Crippen LogP contribution in [0.4, 0.5) is 0 Å². The van der Waals surface area contributed by atoms with Gasteiger partial charge in [0.05, 0.1) is 6.04 Å². The van der Waals surface area contributed by atoms with Gasteiger partial charge in [0.25, 0.3) is 0 Å². The van der Waals surface area contributed by atoms with Gasteiger partial charge in [-0.2, -0.15) is 0 Å². The molecule has 2 aliphatic rings. The summed E-state index contributed by atoms with van der Waals surface area (Å²) >= 11 is 11.7. The number of carbonyl (C=O) groups is 1. The van der Waals surface area contributed by atoms with Crippen LogP contribution in [-0.4, -0.2) is 28.6 Å². The first kappa shape index (κ1) is 45.0. The normalized spacial score (nSPS) is 14.6. The van der Waals surface area contributed by atoms with E-state index in [4.69, 9.17) is 34.0 Å². The van der Waals surface area contributed by atoms with Crippen molar-refractivity contribution >= 4 is 51.0 Å². The minimum absolute atomic E-state index is 0. The Bertz CT molecular complexity index is 2010. The summed E-state index contributed by atoms with van der Waals surface area (Å²) in [7, 11) is 0. The van der Waals surface area contributed by atoms with Crippen molar-refractivity contribution in [2.24, 2.45) is 5.73 Å². The van der Waals surface area contributed by atoms with Crippen molar-refractivity contribution in [3.63, 3.8) is 0 Å². The largest absolute Gasteiger partial charge is 0.508 e. The molecular formula is C48H58Cl2N2O3. The molecule has 5 N–H and O–H groups in total. The maximum Gasteiger partial charge on any atom is 0.150 e. The molecule has 7 heteroatoms. The van der Waals surface area contributed by atoms with E-state index < -0.39 is 0 Å². The molecule has 0 heterocycles. The summed E-state index contributed by atoms with van der Waals surface area (Å²) in [5, 5.41) is 29.6. The Hall–Kier alpha value is -4.39. The van der Waals surface area contributed by atoms with Gasteiger partial charge in [-0.3, -0.25) is 4.79 Å². The van der Waals surface area contributed by atoms with Crippen molar-refractivity contribution in [2.45, 2.75) is 97.2 Å². The zero-order valence-corrected chi connectivity index (χ0v) is 31.7. The lowest BCUT2D eigenvalue weighted by Gasteiger charge is -2.30. The molecule has 0 radical (unpaired) electrons. The quantitative estimate of drug-likeness (QED) is 0.131. The lowest BCUT2D eigenvalue weighted by Crippen LogP contribution is -2.35. The Morgan fingerprint density at radius 3 is 1.73 bits per heavy atom. The number of phenolic OH excluding ortho intramolecular Hbond substituents is 2. The third kappa shape index (κ3) is 14.0. The summed E-state index contributed by atoms with van der Waals surface area (Å²) in [6.07, 6.45) is 13.7. The van der Waals surface area contributed by atoms with Crippen LogP contribution in [0.3, 0.4) is 0 Å². The van der Waals surface area contributed by atoms with Crippen molar-refractivity contribution in [3.05, 3.63) is 154 Å². The Morgan fingerprint density at radius 1 is 0.618 bits per heavy atom. The molecule has 0 spiro atoms. The van der Waals surface area contributed by atoms with E-state index in [2.05, 4.69) is 29.6 Å². The summed E-state index contributed by atoms with van der Waals surface area (Å²) in [6, 6.07) is 41.0. The average Bonchev–Trinajstić information content (AvgIpc) is 3.19. The molecular weight excluding hydrogens is 723 g/mol. The van der Waals surface area contributed by atoms with E-state index in [1.807, 2.05) is 66.7 Å². The second-order valence-electron chi connectivity index (χ2n) is 13.8. The average molecular weight is 782 g/mol. The second-order valence-corrected chi connectivity index (χ2v) is 14.7. The Kier molecular flexibility index (Phi) is 19.2. The Labute approximate surface area is 338 Å². The number of fused-ring (bicyclic) bond motifs is 2. The molecule has 0 aliphatic heterocycles. The van der Waals surface area contributed by atoms with Crippen molar-refractivity contribution < 1.29 is 15.0 Å². The molecule has 8 rings (SSSR count). The molecule has 0 aromatic heterocycles. The van der Waals surface area contributed by atoms with E-state index in [1.54, 1.807) is 36.4 Å². The van der Waals surface area contributed by atoms with Crippen LogP contribution in [0.15, 0.2) is 127 Å². The molecule has 5 nitrogen and oxygen atoms in total. The third-order valence-corrected chi connectivity index (χ3v) is 10.3. The fourth-order valence-corrected chi connectivity index (χ4v) is 7.20. The highest BCUT2D eigenvalue weighted by atomic mass is 35.5. The number of benzene rings is 6. The van der Waals surface area contributed by atoms with Gasteiger partial charge in [-0.15, -0.1) is 0 Å². The fourth-order valence-electron chi connectivity index (χ4n) is 6.95. The SMILES string of the molecule is C.C.NC1CCCCC1.O=Cc1ccc(Cl)cc1.Oc1ccc2ccccc2c1.Oc1ccc2ccccc2c1C(NC1CCCCC1)c1ccc(Cl)cc1. The van der Waals surface area contributed by atoms with Gasteiger partial charge < -0.3 is 21.3 Å². The minimum Gasteiger partial charge on any atom is -0.508 e. The highest BCUT2D eigenvalue weighted by molar-refractivity contribution is 6.30. The molecule has 6 aromatic rings. The van der Waals surface area contributed by atoms with Crippen LogP contribution in [0, 0.1) is 0 Å². The predicted molar refractivity (Wildman–Crippen MR) is 236 cm³/mol. The van der Waals surface area contributed by atoms with Crippen molar-refractivity contribution in [1.29, 1.82) is 0 Å². The second kappa shape index (κ2) is 23.5. The smallest absolute Gasteiger partial charge is 0.150 e. The maximum absolute atomic E-state index is 10.8. The molecule has 2 fully saturated rings. The molecule has 292 valence electrons. The van der Waals surface area contributed by atoms with Crippen LogP contribution in [0.1, 0.15) is 107 Å². The summed E-state index contributed by atoms with van der Waals surface area (Å²) in [4.78, 5) is 10.1. The zero-order chi connectivity index (χ0) is 37.4. The van der Waals surface area contributed by atoms with Crippen LogP contribution in [0.5, 0.6) is 11.5 Å². The van der Waals surface area contributed by atoms with E-state index in [0.717, 1.165) is 44.0 Å². The summed E-state index contributed by atoms with van der Waals surface area (Å²) in [5.74, 6) is 0.663. The maximum atomic E-state index is 10.8. The monoisotopic (exact) mass is 780 g/mol. The molecule has 0 saturated heterocycles. The molecule has 6 aromatic carbocycles. The van der Waals surface area contributed by atoms with E-state index in [-0.39, 0.29) is 20.9 Å². The van der Waals surface area contributed by atoms with Gasteiger partial charge in [-0.1, -0.05) is 162 Å². The van der Waals surface area contributed by atoms with Crippen LogP contribution < -0.4 is 11.1 Å². The number of hydrogen-bond acceptors (Lipinski definition) is 5. The predicted octanol–water partition coefficient (Wildman–Crippen LogP) is 13.5.